The molecule has 0 aliphatic carbocycles. The first-order valence-corrected chi connectivity index (χ1v) is 10.7. The standard InChI is InChI=1S/C23H28F2N6O3/c1-14(29-19-6-7-30(13-23(19,24)25)21(32)34-22(2,3)4)17(10-27)15-8-18(33-5)20-16(9-26)11-28-31(20)12-15/h8,10-12,19H,6-7,13,27H2,1-5H3/b17-10+,29-14?. The molecule has 1 saturated heterocycles. The van der Waals surface area contributed by atoms with E-state index in [9.17, 15) is 18.8 Å². The summed E-state index contributed by atoms with van der Waals surface area (Å²) in [5.74, 6) is -2.86. The van der Waals surface area contributed by atoms with E-state index in [4.69, 9.17) is 15.2 Å². The van der Waals surface area contributed by atoms with Crippen molar-refractivity contribution in [3.05, 3.63) is 35.8 Å². The number of nitriles is 1. The quantitative estimate of drug-likeness (QED) is 0.676. The number of aliphatic imine (C=N–C) groups is 1. The zero-order valence-electron chi connectivity index (χ0n) is 19.8. The van der Waals surface area contributed by atoms with Crippen molar-refractivity contribution in [1.82, 2.24) is 14.5 Å². The highest BCUT2D eigenvalue weighted by Crippen LogP contribution is 2.33. The predicted octanol–water partition coefficient (Wildman–Crippen LogP) is 3.62. The molecule has 1 atom stereocenters. The number of fused-ring (bicyclic) bond motifs is 1. The summed E-state index contributed by atoms with van der Waals surface area (Å²) < 4.78 is 42.0. The Morgan fingerprint density at radius 3 is 2.71 bits per heavy atom. The van der Waals surface area contributed by atoms with Crippen LogP contribution in [0, 0.1) is 11.3 Å². The Morgan fingerprint density at radius 1 is 1.44 bits per heavy atom. The van der Waals surface area contributed by atoms with Crippen LogP contribution in [-0.2, 0) is 4.74 Å². The molecule has 0 radical (unpaired) electrons. The molecule has 1 aliphatic heterocycles. The van der Waals surface area contributed by atoms with E-state index in [0.717, 1.165) is 4.90 Å². The molecule has 0 spiro atoms. The first-order chi connectivity index (χ1) is 15.9. The van der Waals surface area contributed by atoms with Gasteiger partial charge < -0.3 is 20.1 Å². The summed E-state index contributed by atoms with van der Waals surface area (Å²) in [4.78, 5) is 17.5. The van der Waals surface area contributed by atoms with Gasteiger partial charge in [-0.05, 0) is 40.2 Å². The highest BCUT2D eigenvalue weighted by Gasteiger charge is 2.47. The van der Waals surface area contributed by atoms with E-state index in [1.807, 2.05) is 0 Å². The maximum absolute atomic E-state index is 14.9. The Labute approximate surface area is 196 Å². The molecule has 9 nitrogen and oxygen atoms in total. The topological polar surface area (TPSA) is 118 Å². The maximum Gasteiger partial charge on any atom is 0.410 e. The number of carbonyl (C=O) groups excluding carboxylic acids is 1. The number of likely N-dealkylation sites (tertiary alicyclic amines) is 1. The van der Waals surface area contributed by atoms with Gasteiger partial charge in [-0.25, -0.2) is 18.1 Å². The Morgan fingerprint density at radius 2 is 2.15 bits per heavy atom. The van der Waals surface area contributed by atoms with Crippen molar-refractivity contribution in [2.75, 3.05) is 20.2 Å². The van der Waals surface area contributed by atoms with Crippen LogP contribution in [0.4, 0.5) is 13.6 Å². The highest BCUT2D eigenvalue weighted by molar-refractivity contribution is 6.22. The normalized spacial score (nSPS) is 19.1. The first-order valence-electron chi connectivity index (χ1n) is 10.7. The average molecular weight is 475 g/mol. The zero-order valence-corrected chi connectivity index (χ0v) is 19.8. The van der Waals surface area contributed by atoms with Crippen LogP contribution in [-0.4, -0.2) is 64.1 Å². The minimum Gasteiger partial charge on any atom is -0.494 e. The summed E-state index contributed by atoms with van der Waals surface area (Å²) >= 11 is 0. The van der Waals surface area contributed by atoms with E-state index in [0.29, 0.717) is 33.7 Å². The van der Waals surface area contributed by atoms with Gasteiger partial charge in [-0.3, -0.25) is 4.99 Å². The maximum atomic E-state index is 14.9. The molecule has 2 aromatic heterocycles. The third-order valence-electron chi connectivity index (χ3n) is 5.35. The minimum absolute atomic E-state index is 0.0333. The molecular formula is C23H28F2N6O3. The summed E-state index contributed by atoms with van der Waals surface area (Å²) in [6.45, 7) is 5.95. The van der Waals surface area contributed by atoms with Crippen LogP contribution in [0.2, 0.25) is 0 Å². The smallest absolute Gasteiger partial charge is 0.410 e. The number of carbonyl (C=O) groups is 1. The van der Waals surface area contributed by atoms with Gasteiger partial charge in [-0.2, -0.15) is 10.4 Å². The number of amides is 1. The summed E-state index contributed by atoms with van der Waals surface area (Å²) in [5, 5.41) is 13.4. The third kappa shape index (κ3) is 5.11. The van der Waals surface area contributed by atoms with Crippen LogP contribution in [0.25, 0.3) is 11.1 Å². The lowest BCUT2D eigenvalue weighted by molar-refractivity contribution is -0.0813. The van der Waals surface area contributed by atoms with E-state index >= 15 is 0 Å². The van der Waals surface area contributed by atoms with Crippen LogP contribution < -0.4 is 10.5 Å². The first kappa shape index (κ1) is 25.0. The number of aromatic nitrogens is 2. The third-order valence-corrected chi connectivity index (χ3v) is 5.35. The predicted molar refractivity (Wildman–Crippen MR) is 123 cm³/mol. The van der Waals surface area contributed by atoms with Crippen LogP contribution in [0.1, 0.15) is 45.2 Å². The fraction of sp³-hybridized carbons (Fsp3) is 0.478. The highest BCUT2D eigenvalue weighted by atomic mass is 19.3. The van der Waals surface area contributed by atoms with Crippen LogP contribution >= 0.6 is 0 Å². The molecule has 1 fully saturated rings. The van der Waals surface area contributed by atoms with Gasteiger partial charge >= 0.3 is 6.09 Å². The Balaban J connectivity index is 1.87. The van der Waals surface area contributed by atoms with Gasteiger partial charge in [0.25, 0.3) is 5.92 Å². The van der Waals surface area contributed by atoms with Gasteiger partial charge in [0.05, 0.1) is 19.9 Å². The Bertz CT molecular complexity index is 1190. The molecule has 2 N–H and O–H groups in total. The number of halogens is 2. The number of nitrogens with two attached hydrogens (primary N) is 1. The molecule has 0 bridgehead atoms. The van der Waals surface area contributed by atoms with E-state index in [1.54, 1.807) is 40.0 Å². The summed E-state index contributed by atoms with van der Waals surface area (Å²) in [6, 6.07) is 2.37. The Kier molecular flexibility index (Phi) is 6.82. The summed E-state index contributed by atoms with van der Waals surface area (Å²) in [6.07, 6.45) is 3.51. The molecule has 2 aromatic rings. The fourth-order valence-electron chi connectivity index (χ4n) is 3.77. The van der Waals surface area contributed by atoms with Gasteiger partial charge in [0.2, 0.25) is 0 Å². The molecule has 0 saturated carbocycles. The monoisotopic (exact) mass is 474 g/mol. The summed E-state index contributed by atoms with van der Waals surface area (Å²) in [5.41, 5.74) is 7.14. The molecule has 3 rings (SSSR count). The van der Waals surface area contributed by atoms with E-state index in [2.05, 4.69) is 16.2 Å². The molecule has 1 unspecified atom stereocenters. The average Bonchev–Trinajstić information content (AvgIpc) is 3.17. The number of pyridine rings is 1. The molecule has 3 heterocycles. The number of methoxy groups -OCH3 is 1. The number of alkyl halides is 2. The lowest BCUT2D eigenvalue weighted by Gasteiger charge is -2.37. The number of nitrogens with zero attached hydrogens (tertiary/aromatic N) is 5. The van der Waals surface area contributed by atoms with Gasteiger partial charge in [0, 0.05) is 35.8 Å². The fourth-order valence-corrected chi connectivity index (χ4v) is 3.77. The lowest BCUT2D eigenvalue weighted by Crippen LogP contribution is -2.53. The lowest BCUT2D eigenvalue weighted by atomic mass is 9.99. The zero-order chi connectivity index (χ0) is 25.3. The summed E-state index contributed by atoms with van der Waals surface area (Å²) in [7, 11) is 1.46. The molecule has 0 aromatic carbocycles. The Hall–Kier alpha value is -3.68. The van der Waals surface area contributed by atoms with E-state index in [1.165, 1.54) is 24.0 Å². The second kappa shape index (κ2) is 9.29. The largest absolute Gasteiger partial charge is 0.494 e. The number of rotatable bonds is 4. The number of hydrogen-bond donors (Lipinski definition) is 1. The molecule has 1 aliphatic rings. The van der Waals surface area contributed by atoms with Gasteiger partial charge in [-0.15, -0.1) is 0 Å². The molecule has 11 heteroatoms. The van der Waals surface area contributed by atoms with Gasteiger partial charge in [0.15, 0.2) is 0 Å². The van der Waals surface area contributed by atoms with Crippen molar-refractivity contribution in [1.29, 1.82) is 5.26 Å². The van der Waals surface area contributed by atoms with Crippen molar-refractivity contribution in [3.63, 3.8) is 0 Å². The number of allylic oxidation sites excluding steroid dienone is 1. The second-order valence-corrected chi connectivity index (χ2v) is 9.02. The van der Waals surface area contributed by atoms with E-state index in [-0.39, 0.29) is 13.0 Å². The van der Waals surface area contributed by atoms with Gasteiger partial charge in [0.1, 0.15) is 34.5 Å². The number of ether oxygens (including phenoxy) is 2. The molecule has 1 amide bonds. The van der Waals surface area contributed by atoms with E-state index < -0.39 is 30.2 Å². The molecule has 34 heavy (non-hydrogen) atoms. The van der Waals surface area contributed by atoms with Crippen molar-refractivity contribution >= 4 is 22.9 Å². The second-order valence-electron chi connectivity index (χ2n) is 9.02. The van der Waals surface area contributed by atoms with Gasteiger partial charge in [-0.1, -0.05) is 0 Å². The molecular weight excluding hydrogens is 446 g/mol. The number of piperidine rings is 1. The van der Waals surface area contributed by atoms with Crippen LogP contribution in [0.3, 0.4) is 0 Å². The number of hydrogen-bond acceptors (Lipinski definition) is 7. The van der Waals surface area contributed by atoms with Crippen molar-refractivity contribution < 1.29 is 23.0 Å². The minimum atomic E-state index is -3.25. The van der Waals surface area contributed by atoms with Crippen LogP contribution in [0.5, 0.6) is 5.75 Å². The van der Waals surface area contributed by atoms with Crippen LogP contribution in [0.15, 0.2) is 29.7 Å². The SMILES string of the molecule is COc1cc(/C(=C/N)C(C)=NC2CCN(C(=O)OC(C)(C)C)CC2(F)F)cn2ncc(C#N)c12. The van der Waals surface area contributed by atoms with Crippen molar-refractivity contribution in [2.45, 2.75) is 51.7 Å². The van der Waals surface area contributed by atoms with Crippen molar-refractivity contribution in [3.8, 4) is 11.8 Å². The molecule has 182 valence electrons. The van der Waals surface area contributed by atoms with Crippen molar-refractivity contribution in [2.24, 2.45) is 10.7 Å².